The number of benzene rings is 1. The SMILES string of the molecule is O=C(O)c1ccc(Oc2ccc(Cl)c(Cl)c2)o1. The van der Waals surface area contributed by atoms with Gasteiger partial charge in [-0.1, -0.05) is 23.2 Å². The molecule has 1 aromatic heterocycles. The number of aromatic carboxylic acids is 1. The van der Waals surface area contributed by atoms with E-state index in [-0.39, 0.29) is 11.7 Å². The Hall–Kier alpha value is -1.65. The van der Waals surface area contributed by atoms with Crippen molar-refractivity contribution in [2.45, 2.75) is 0 Å². The van der Waals surface area contributed by atoms with Gasteiger partial charge >= 0.3 is 5.97 Å². The lowest BCUT2D eigenvalue weighted by Gasteiger charge is -2.02. The van der Waals surface area contributed by atoms with Crippen LogP contribution in [0.2, 0.25) is 10.0 Å². The molecule has 17 heavy (non-hydrogen) atoms. The zero-order valence-electron chi connectivity index (χ0n) is 8.31. The lowest BCUT2D eigenvalue weighted by molar-refractivity contribution is 0.0657. The van der Waals surface area contributed by atoms with Gasteiger partial charge in [-0.15, -0.1) is 0 Å². The number of rotatable bonds is 3. The average Bonchev–Trinajstić information content (AvgIpc) is 2.72. The van der Waals surface area contributed by atoms with Crippen LogP contribution < -0.4 is 4.74 Å². The van der Waals surface area contributed by atoms with Crippen molar-refractivity contribution < 1.29 is 19.1 Å². The number of furan rings is 1. The van der Waals surface area contributed by atoms with Gasteiger partial charge in [-0.2, -0.15) is 0 Å². The molecule has 0 aliphatic carbocycles. The van der Waals surface area contributed by atoms with E-state index < -0.39 is 5.97 Å². The molecule has 2 aromatic rings. The molecule has 0 amide bonds. The zero-order chi connectivity index (χ0) is 12.4. The van der Waals surface area contributed by atoms with Crippen LogP contribution in [-0.2, 0) is 0 Å². The molecule has 4 nitrogen and oxygen atoms in total. The second kappa shape index (κ2) is 4.69. The van der Waals surface area contributed by atoms with Crippen LogP contribution in [0.15, 0.2) is 34.7 Å². The number of hydrogen-bond acceptors (Lipinski definition) is 3. The molecule has 88 valence electrons. The van der Waals surface area contributed by atoms with E-state index in [1.807, 2.05) is 0 Å². The molecule has 6 heteroatoms. The average molecular weight is 273 g/mol. The second-order valence-electron chi connectivity index (χ2n) is 3.10. The lowest BCUT2D eigenvalue weighted by atomic mass is 10.3. The largest absolute Gasteiger partial charge is 0.475 e. The Morgan fingerprint density at radius 2 is 1.94 bits per heavy atom. The minimum atomic E-state index is -1.16. The van der Waals surface area contributed by atoms with Gasteiger partial charge in [0.1, 0.15) is 5.75 Å². The summed E-state index contributed by atoms with van der Waals surface area (Å²) in [7, 11) is 0. The predicted octanol–water partition coefficient (Wildman–Crippen LogP) is 4.08. The predicted molar refractivity (Wildman–Crippen MR) is 62.2 cm³/mol. The number of hydrogen-bond donors (Lipinski definition) is 1. The molecule has 0 unspecified atom stereocenters. The second-order valence-corrected chi connectivity index (χ2v) is 3.92. The Labute approximate surface area is 106 Å². The summed E-state index contributed by atoms with van der Waals surface area (Å²) < 4.78 is 10.2. The van der Waals surface area contributed by atoms with Crippen molar-refractivity contribution in [1.82, 2.24) is 0 Å². The van der Waals surface area contributed by atoms with Crippen LogP contribution in [0.1, 0.15) is 10.6 Å². The van der Waals surface area contributed by atoms with Gasteiger partial charge in [-0.25, -0.2) is 4.79 Å². The maximum atomic E-state index is 10.6. The molecule has 0 spiro atoms. The Kier molecular flexibility index (Phi) is 3.26. The summed E-state index contributed by atoms with van der Waals surface area (Å²) in [6, 6.07) is 7.38. The monoisotopic (exact) mass is 272 g/mol. The van der Waals surface area contributed by atoms with Gasteiger partial charge in [0.25, 0.3) is 5.95 Å². The van der Waals surface area contributed by atoms with Gasteiger partial charge in [0.2, 0.25) is 5.76 Å². The smallest absolute Gasteiger partial charge is 0.371 e. The standard InChI is InChI=1S/C11H6Cl2O4/c12-7-2-1-6(5-8(7)13)16-10-4-3-9(17-10)11(14)15/h1-5H,(H,14,15). The van der Waals surface area contributed by atoms with E-state index in [4.69, 9.17) is 37.5 Å². The van der Waals surface area contributed by atoms with Gasteiger partial charge in [0, 0.05) is 12.1 Å². The molecule has 0 radical (unpaired) electrons. The van der Waals surface area contributed by atoms with Crippen molar-refractivity contribution in [3.8, 4) is 11.7 Å². The van der Waals surface area contributed by atoms with Crippen LogP contribution >= 0.6 is 23.2 Å². The molecule has 0 saturated heterocycles. The molecular formula is C11H6Cl2O4. The molecule has 1 N–H and O–H groups in total. The number of carboxylic acids is 1. The van der Waals surface area contributed by atoms with Crippen LogP contribution in [0.4, 0.5) is 0 Å². The van der Waals surface area contributed by atoms with E-state index in [1.165, 1.54) is 18.2 Å². The van der Waals surface area contributed by atoms with Crippen molar-refractivity contribution in [1.29, 1.82) is 0 Å². The van der Waals surface area contributed by atoms with Gasteiger partial charge in [-0.3, -0.25) is 0 Å². The number of halogens is 2. The van der Waals surface area contributed by atoms with Gasteiger partial charge in [-0.05, 0) is 18.2 Å². The molecule has 0 aliphatic rings. The molecule has 0 fully saturated rings. The molecule has 1 aromatic carbocycles. The fraction of sp³-hybridized carbons (Fsp3) is 0. The van der Waals surface area contributed by atoms with Crippen molar-refractivity contribution in [2.24, 2.45) is 0 Å². The first-order chi connectivity index (χ1) is 8.06. The Morgan fingerprint density at radius 1 is 1.18 bits per heavy atom. The van der Waals surface area contributed by atoms with Crippen LogP contribution in [-0.4, -0.2) is 11.1 Å². The maximum absolute atomic E-state index is 10.6. The highest BCUT2D eigenvalue weighted by Crippen LogP contribution is 2.30. The minimum Gasteiger partial charge on any atom is -0.475 e. The summed E-state index contributed by atoms with van der Waals surface area (Å²) >= 11 is 11.5. The zero-order valence-corrected chi connectivity index (χ0v) is 9.83. The van der Waals surface area contributed by atoms with Crippen molar-refractivity contribution >= 4 is 29.2 Å². The molecule has 0 atom stereocenters. The first-order valence-corrected chi connectivity index (χ1v) is 5.28. The molecule has 0 saturated carbocycles. The third kappa shape index (κ3) is 2.72. The van der Waals surface area contributed by atoms with E-state index in [1.54, 1.807) is 12.1 Å². The van der Waals surface area contributed by atoms with Crippen LogP contribution in [0, 0.1) is 0 Å². The summed E-state index contributed by atoms with van der Waals surface area (Å²) in [4.78, 5) is 10.6. The van der Waals surface area contributed by atoms with Gasteiger partial charge < -0.3 is 14.3 Å². The van der Waals surface area contributed by atoms with E-state index in [9.17, 15) is 4.79 Å². The Morgan fingerprint density at radius 3 is 2.53 bits per heavy atom. The summed E-state index contributed by atoms with van der Waals surface area (Å²) in [5, 5.41) is 9.41. The quantitative estimate of drug-likeness (QED) is 0.915. The highest BCUT2D eigenvalue weighted by molar-refractivity contribution is 6.42. The normalized spacial score (nSPS) is 10.2. The summed E-state index contributed by atoms with van der Waals surface area (Å²) in [6.07, 6.45) is 0. The van der Waals surface area contributed by atoms with Gasteiger partial charge in [0.05, 0.1) is 10.0 Å². The van der Waals surface area contributed by atoms with Gasteiger partial charge in [0.15, 0.2) is 0 Å². The first-order valence-electron chi connectivity index (χ1n) is 4.52. The highest BCUT2D eigenvalue weighted by atomic mass is 35.5. The first kappa shape index (κ1) is 11.8. The topological polar surface area (TPSA) is 59.7 Å². The van der Waals surface area contributed by atoms with E-state index in [0.29, 0.717) is 15.8 Å². The third-order valence-electron chi connectivity index (χ3n) is 1.90. The van der Waals surface area contributed by atoms with E-state index in [2.05, 4.69) is 0 Å². The van der Waals surface area contributed by atoms with Crippen LogP contribution in [0.3, 0.4) is 0 Å². The molecule has 0 aliphatic heterocycles. The Balaban J connectivity index is 2.19. The number of carbonyl (C=O) groups is 1. The fourth-order valence-electron chi connectivity index (χ4n) is 1.15. The highest BCUT2D eigenvalue weighted by Gasteiger charge is 2.10. The summed E-state index contributed by atoms with van der Waals surface area (Å²) in [5.41, 5.74) is 0. The summed E-state index contributed by atoms with van der Waals surface area (Å²) in [5.74, 6) is -0.875. The number of ether oxygens (including phenoxy) is 1. The maximum Gasteiger partial charge on any atom is 0.371 e. The third-order valence-corrected chi connectivity index (χ3v) is 2.64. The fourth-order valence-corrected chi connectivity index (χ4v) is 1.43. The van der Waals surface area contributed by atoms with Crippen LogP contribution in [0.25, 0.3) is 0 Å². The van der Waals surface area contributed by atoms with E-state index >= 15 is 0 Å². The molecule has 2 rings (SSSR count). The van der Waals surface area contributed by atoms with Crippen molar-refractivity contribution in [3.05, 3.63) is 46.1 Å². The Bertz CT molecular complexity index is 562. The van der Waals surface area contributed by atoms with Crippen molar-refractivity contribution in [3.63, 3.8) is 0 Å². The molecule has 1 heterocycles. The molecular weight excluding hydrogens is 267 g/mol. The van der Waals surface area contributed by atoms with Crippen LogP contribution in [0.5, 0.6) is 11.7 Å². The summed E-state index contributed by atoms with van der Waals surface area (Å²) in [6.45, 7) is 0. The van der Waals surface area contributed by atoms with Crippen molar-refractivity contribution in [2.75, 3.05) is 0 Å². The number of carboxylic acid groups (broad SMARTS) is 1. The minimum absolute atomic E-state index is 0.0702. The lowest BCUT2D eigenvalue weighted by Crippen LogP contribution is -1.91. The van der Waals surface area contributed by atoms with E-state index in [0.717, 1.165) is 0 Å². The molecule has 0 bridgehead atoms.